The molecule has 4 aromatic rings. The van der Waals surface area contributed by atoms with Crippen molar-refractivity contribution in [1.29, 1.82) is 0 Å². The number of anilines is 2. The zero-order chi connectivity index (χ0) is 27.4. The number of benzene rings is 4. The molecule has 5 rings (SSSR count). The van der Waals surface area contributed by atoms with E-state index in [1.54, 1.807) is 12.1 Å². The van der Waals surface area contributed by atoms with Crippen molar-refractivity contribution >= 4 is 11.4 Å². The monoisotopic (exact) mass is 524 g/mol. The van der Waals surface area contributed by atoms with Gasteiger partial charge in [0, 0.05) is 5.41 Å². The first-order chi connectivity index (χ1) is 18.9. The number of nitrogens with two attached hydrogens (primary N) is 2. The van der Waals surface area contributed by atoms with Crippen molar-refractivity contribution in [1.82, 2.24) is 0 Å². The van der Waals surface area contributed by atoms with Gasteiger partial charge in [0.25, 0.3) is 0 Å². The fourth-order valence-electron chi connectivity index (χ4n) is 6.33. The van der Waals surface area contributed by atoms with Crippen LogP contribution < -0.4 is 11.5 Å². The van der Waals surface area contributed by atoms with Crippen molar-refractivity contribution in [3.8, 4) is 0 Å². The Kier molecular flexibility index (Phi) is 8.02. The van der Waals surface area contributed by atoms with E-state index in [9.17, 15) is 8.78 Å². The van der Waals surface area contributed by atoms with E-state index < -0.39 is 0 Å². The van der Waals surface area contributed by atoms with Crippen LogP contribution in [0.15, 0.2) is 84.9 Å². The van der Waals surface area contributed by atoms with Crippen LogP contribution in [-0.2, 0) is 18.3 Å². The normalized spacial score (nSPS) is 15.4. The van der Waals surface area contributed by atoms with Crippen molar-refractivity contribution in [3.63, 3.8) is 0 Å². The summed E-state index contributed by atoms with van der Waals surface area (Å²) in [6, 6.07) is 27.9. The maximum absolute atomic E-state index is 14.0. The molecule has 2 nitrogen and oxygen atoms in total. The van der Waals surface area contributed by atoms with E-state index in [2.05, 4.69) is 55.5 Å². The van der Waals surface area contributed by atoms with Crippen LogP contribution in [0.3, 0.4) is 0 Å². The topological polar surface area (TPSA) is 52.0 Å². The van der Waals surface area contributed by atoms with E-state index in [0.717, 1.165) is 41.0 Å². The average Bonchev–Trinajstić information content (AvgIpc) is 2.94. The molecule has 1 fully saturated rings. The molecule has 39 heavy (non-hydrogen) atoms. The largest absolute Gasteiger partial charge is 0.396 e. The highest BCUT2D eigenvalue weighted by atomic mass is 19.1. The lowest BCUT2D eigenvalue weighted by Gasteiger charge is -2.41. The summed E-state index contributed by atoms with van der Waals surface area (Å²) < 4.78 is 27.9. The Labute approximate surface area is 231 Å². The minimum atomic E-state index is -0.364. The minimum Gasteiger partial charge on any atom is -0.396 e. The first-order valence-corrected chi connectivity index (χ1v) is 14.1. The molecular weight excluding hydrogens is 486 g/mol. The second kappa shape index (κ2) is 11.6. The first kappa shape index (κ1) is 26.9. The van der Waals surface area contributed by atoms with E-state index in [4.69, 9.17) is 11.5 Å². The number of rotatable bonds is 8. The molecule has 4 aromatic carbocycles. The maximum atomic E-state index is 14.0. The van der Waals surface area contributed by atoms with Gasteiger partial charge in [-0.25, -0.2) is 8.78 Å². The van der Waals surface area contributed by atoms with Gasteiger partial charge in [-0.3, -0.25) is 0 Å². The van der Waals surface area contributed by atoms with Crippen LogP contribution in [0.4, 0.5) is 20.2 Å². The molecule has 0 heterocycles. The Balaban J connectivity index is 1.40. The Morgan fingerprint density at radius 2 is 1.05 bits per heavy atom. The molecule has 0 spiro atoms. The summed E-state index contributed by atoms with van der Waals surface area (Å²) in [5, 5.41) is 0. The molecule has 4 heteroatoms. The lowest BCUT2D eigenvalue weighted by Crippen LogP contribution is -2.33. The Bertz CT molecular complexity index is 1300. The van der Waals surface area contributed by atoms with Crippen LogP contribution in [0.2, 0.25) is 0 Å². The fourth-order valence-corrected chi connectivity index (χ4v) is 6.33. The van der Waals surface area contributed by atoms with Crippen LogP contribution in [0.5, 0.6) is 0 Å². The molecule has 0 aliphatic heterocycles. The zero-order valence-corrected chi connectivity index (χ0v) is 22.7. The molecule has 4 N–H and O–H groups in total. The van der Waals surface area contributed by atoms with Crippen LogP contribution in [0.1, 0.15) is 78.8 Å². The molecule has 0 radical (unpaired) electrons. The summed E-state index contributed by atoms with van der Waals surface area (Å²) in [7, 11) is 0. The van der Waals surface area contributed by atoms with Gasteiger partial charge in [-0.05, 0) is 102 Å². The van der Waals surface area contributed by atoms with E-state index in [1.807, 2.05) is 12.1 Å². The SMILES string of the molecule is CCCC1CCC(c2ccc(Cc3ccc(N)c(F)c3)cc2)(c2ccc(Cc3ccc(N)c(F)c3)cc2)CC1. The fraction of sp³-hybridized carbons (Fsp3) is 0.314. The second-order valence-corrected chi connectivity index (χ2v) is 11.3. The molecule has 0 aromatic heterocycles. The van der Waals surface area contributed by atoms with Crippen molar-refractivity contribution < 1.29 is 8.78 Å². The summed E-state index contributed by atoms with van der Waals surface area (Å²) in [5.74, 6) is 0.0660. The molecule has 0 atom stereocenters. The quantitative estimate of drug-likeness (QED) is 0.227. The van der Waals surface area contributed by atoms with E-state index >= 15 is 0 Å². The molecule has 1 aliphatic carbocycles. The molecule has 0 bridgehead atoms. The standard InChI is InChI=1S/C35H38F2N2/c1-2-3-24-16-18-35(19-17-24,29-10-4-25(5-11-29)20-27-8-14-33(38)31(36)22-27)30-12-6-26(7-13-30)21-28-9-15-34(39)32(37)23-28/h4-15,22-24H,2-3,16-21,38-39H2,1H3. The van der Waals surface area contributed by atoms with Gasteiger partial charge in [0.15, 0.2) is 0 Å². The third-order valence-electron chi connectivity index (χ3n) is 8.61. The predicted octanol–water partition coefficient (Wildman–Crippen LogP) is 8.59. The Hall–Kier alpha value is -3.66. The van der Waals surface area contributed by atoms with E-state index in [1.165, 1.54) is 48.9 Å². The van der Waals surface area contributed by atoms with Crippen LogP contribution in [0.25, 0.3) is 0 Å². The zero-order valence-electron chi connectivity index (χ0n) is 22.7. The molecule has 0 amide bonds. The average molecular weight is 525 g/mol. The number of hydrogen-bond acceptors (Lipinski definition) is 2. The minimum absolute atomic E-state index is 0.0259. The lowest BCUT2D eigenvalue weighted by molar-refractivity contribution is 0.253. The number of nitrogen functional groups attached to an aromatic ring is 2. The lowest BCUT2D eigenvalue weighted by atomic mass is 9.62. The maximum Gasteiger partial charge on any atom is 0.146 e. The van der Waals surface area contributed by atoms with Gasteiger partial charge in [0.05, 0.1) is 11.4 Å². The molecular formula is C35H38F2N2. The molecule has 202 valence electrons. The smallest absolute Gasteiger partial charge is 0.146 e. The third kappa shape index (κ3) is 6.00. The van der Waals surface area contributed by atoms with Gasteiger partial charge in [-0.1, -0.05) is 80.4 Å². The first-order valence-electron chi connectivity index (χ1n) is 14.1. The highest BCUT2D eigenvalue weighted by molar-refractivity contribution is 5.46. The summed E-state index contributed by atoms with van der Waals surface area (Å²) in [4.78, 5) is 0. The van der Waals surface area contributed by atoms with Crippen molar-refractivity contribution in [3.05, 3.63) is 130 Å². The van der Waals surface area contributed by atoms with Crippen molar-refractivity contribution in [2.75, 3.05) is 11.5 Å². The van der Waals surface area contributed by atoms with E-state index in [0.29, 0.717) is 12.8 Å². The third-order valence-corrected chi connectivity index (χ3v) is 8.61. The van der Waals surface area contributed by atoms with Crippen LogP contribution in [0, 0.1) is 17.6 Å². The van der Waals surface area contributed by atoms with Gasteiger partial charge >= 0.3 is 0 Å². The van der Waals surface area contributed by atoms with Gasteiger partial charge in [0.2, 0.25) is 0 Å². The summed E-state index contributed by atoms with van der Waals surface area (Å²) in [5.41, 5.74) is 18.5. The highest BCUT2D eigenvalue weighted by Crippen LogP contribution is 2.47. The summed E-state index contributed by atoms with van der Waals surface area (Å²) in [6.07, 6.45) is 8.58. The number of hydrogen-bond donors (Lipinski definition) is 2. The second-order valence-electron chi connectivity index (χ2n) is 11.3. The Morgan fingerprint density at radius 3 is 1.44 bits per heavy atom. The molecule has 0 unspecified atom stereocenters. The highest BCUT2D eigenvalue weighted by Gasteiger charge is 2.38. The van der Waals surface area contributed by atoms with Crippen molar-refractivity contribution in [2.24, 2.45) is 5.92 Å². The molecule has 1 saturated carbocycles. The van der Waals surface area contributed by atoms with Gasteiger partial charge in [0.1, 0.15) is 11.6 Å². The molecule has 1 aliphatic rings. The van der Waals surface area contributed by atoms with Gasteiger partial charge in [-0.2, -0.15) is 0 Å². The van der Waals surface area contributed by atoms with Crippen LogP contribution >= 0.6 is 0 Å². The predicted molar refractivity (Wildman–Crippen MR) is 158 cm³/mol. The van der Waals surface area contributed by atoms with Crippen molar-refractivity contribution in [2.45, 2.75) is 63.7 Å². The van der Waals surface area contributed by atoms with Crippen LogP contribution in [-0.4, -0.2) is 0 Å². The molecule has 0 saturated heterocycles. The van der Waals surface area contributed by atoms with E-state index in [-0.39, 0.29) is 28.4 Å². The Morgan fingerprint density at radius 1 is 0.641 bits per heavy atom. The van der Waals surface area contributed by atoms with Gasteiger partial charge in [-0.15, -0.1) is 0 Å². The summed E-state index contributed by atoms with van der Waals surface area (Å²) in [6.45, 7) is 2.28. The summed E-state index contributed by atoms with van der Waals surface area (Å²) >= 11 is 0. The number of halogens is 2. The van der Waals surface area contributed by atoms with Gasteiger partial charge < -0.3 is 11.5 Å².